The molecule has 2 nitrogen and oxygen atoms in total. The molecule has 1 heterocycles. The predicted molar refractivity (Wildman–Crippen MR) is 90.0 cm³/mol. The van der Waals surface area contributed by atoms with Crippen molar-refractivity contribution in [3.63, 3.8) is 0 Å². The molecule has 22 heavy (non-hydrogen) atoms. The first-order valence-electron chi connectivity index (χ1n) is 7.36. The topological polar surface area (TPSA) is 29.5 Å². The number of hydrogen-bond acceptors (Lipinski definition) is 2. The summed E-state index contributed by atoms with van der Waals surface area (Å²) in [5.41, 5.74) is 3.99. The van der Waals surface area contributed by atoms with Gasteiger partial charge in [0.05, 0.1) is 0 Å². The van der Waals surface area contributed by atoms with Gasteiger partial charge in [0.15, 0.2) is 0 Å². The fourth-order valence-electron chi connectivity index (χ4n) is 3.03. The molecule has 4 rings (SSSR count). The molecule has 1 aliphatic rings. The van der Waals surface area contributed by atoms with Crippen molar-refractivity contribution in [3.05, 3.63) is 70.8 Å². The van der Waals surface area contributed by atoms with Crippen LogP contribution in [0.1, 0.15) is 22.3 Å². The molecule has 1 N–H and O–H groups in total. The Balaban J connectivity index is 2.04. The van der Waals surface area contributed by atoms with Gasteiger partial charge in [-0.05, 0) is 36.6 Å². The zero-order valence-corrected chi connectivity index (χ0v) is 12.6. The van der Waals surface area contributed by atoms with Crippen LogP contribution in [0.4, 0.5) is 0 Å². The first-order valence-corrected chi connectivity index (χ1v) is 7.36. The summed E-state index contributed by atoms with van der Waals surface area (Å²) < 4.78 is 6.21. The van der Waals surface area contributed by atoms with Crippen LogP contribution in [0.5, 0.6) is 11.5 Å². The lowest BCUT2D eigenvalue weighted by Gasteiger charge is -2.23. The van der Waals surface area contributed by atoms with Crippen LogP contribution in [0.2, 0.25) is 0 Å². The maximum absolute atomic E-state index is 10.4. The van der Waals surface area contributed by atoms with Crippen LogP contribution in [-0.2, 0) is 0 Å². The number of benzene rings is 3. The second kappa shape index (κ2) is 4.63. The molecule has 0 fully saturated rings. The van der Waals surface area contributed by atoms with Gasteiger partial charge in [-0.3, -0.25) is 0 Å². The van der Waals surface area contributed by atoms with Crippen molar-refractivity contribution in [2.75, 3.05) is 0 Å². The van der Waals surface area contributed by atoms with Crippen molar-refractivity contribution in [1.82, 2.24) is 0 Å². The van der Waals surface area contributed by atoms with Crippen molar-refractivity contribution in [1.29, 1.82) is 0 Å². The minimum absolute atomic E-state index is 0.346. The summed E-state index contributed by atoms with van der Waals surface area (Å²) in [6.07, 6.45) is 2.04. The minimum atomic E-state index is 0.346. The standard InChI is InChI=1S/C20H16O2/c1-12-13(2)20-18-15(9-6-10-16(18)19(12)21)11-17(22-20)14-7-4-3-5-8-14/h3-11,21H,1-2H3. The van der Waals surface area contributed by atoms with Crippen LogP contribution in [0.3, 0.4) is 0 Å². The lowest BCUT2D eigenvalue weighted by Crippen LogP contribution is -2.04. The molecule has 108 valence electrons. The summed E-state index contributed by atoms with van der Waals surface area (Å²) in [4.78, 5) is 0. The molecule has 0 bridgehead atoms. The van der Waals surface area contributed by atoms with Crippen LogP contribution in [0.15, 0.2) is 48.5 Å². The van der Waals surface area contributed by atoms with E-state index in [4.69, 9.17) is 4.74 Å². The Bertz CT molecular complexity index is 922. The molecule has 0 aromatic heterocycles. The Labute approximate surface area is 129 Å². The average Bonchev–Trinajstić information content (AvgIpc) is 2.58. The van der Waals surface area contributed by atoms with Gasteiger partial charge in [-0.25, -0.2) is 0 Å². The van der Waals surface area contributed by atoms with Gasteiger partial charge >= 0.3 is 0 Å². The fourth-order valence-corrected chi connectivity index (χ4v) is 3.03. The Kier molecular flexibility index (Phi) is 2.73. The van der Waals surface area contributed by atoms with E-state index in [1.807, 2.05) is 62.4 Å². The van der Waals surface area contributed by atoms with E-state index < -0.39 is 0 Å². The molecule has 0 atom stereocenters. The molecule has 0 radical (unpaired) electrons. The normalized spacial score (nSPS) is 12.9. The van der Waals surface area contributed by atoms with E-state index in [9.17, 15) is 5.11 Å². The van der Waals surface area contributed by atoms with E-state index in [2.05, 4.69) is 6.07 Å². The zero-order valence-electron chi connectivity index (χ0n) is 12.6. The highest BCUT2D eigenvalue weighted by Crippen LogP contribution is 2.45. The van der Waals surface area contributed by atoms with Gasteiger partial charge in [0.2, 0.25) is 0 Å². The van der Waals surface area contributed by atoms with Gasteiger partial charge in [0, 0.05) is 16.3 Å². The van der Waals surface area contributed by atoms with Crippen molar-refractivity contribution in [2.24, 2.45) is 0 Å². The first kappa shape index (κ1) is 13.0. The number of hydrogen-bond donors (Lipinski definition) is 1. The first-order chi connectivity index (χ1) is 10.7. The van der Waals surface area contributed by atoms with E-state index in [1.165, 1.54) is 0 Å². The van der Waals surface area contributed by atoms with Crippen molar-refractivity contribution >= 4 is 22.6 Å². The van der Waals surface area contributed by atoms with Gasteiger partial charge in [-0.2, -0.15) is 0 Å². The van der Waals surface area contributed by atoms with Crippen LogP contribution >= 0.6 is 0 Å². The maximum Gasteiger partial charge on any atom is 0.139 e. The summed E-state index contributed by atoms with van der Waals surface area (Å²) in [5, 5.41) is 12.2. The number of rotatable bonds is 1. The van der Waals surface area contributed by atoms with Gasteiger partial charge < -0.3 is 9.84 Å². The van der Waals surface area contributed by atoms with Gasteiger partial charge in [0.25, 0.3) is 0 Å². The van der Waals surface area contributed by atoms with Crippen LogP contribution in [-0.4, -0.2) is 5.11 Å². The maximum atomic E-state index is 10.4. The lowest BCUT2D eigenvalue weighted by molar-refractivity contribution is 0.472. The van der Waals surface area contributed by atoms with E-state index in [-0.39, 0.29) is 0 Å². The molecule has 0 saturated carbocycles. The molecule has 1 aliphatic heterocycles. The third-order valence-corrected chi connectivity index (χ3v) is 4.39. The minimum Gasteiger partial charge on any atom is -0.507 e. The van der Waals surface area contributed by atoms with E-state index in [1.54, 1.807) is 0 Å². The number of aromatic hydroxyl groups is 1. The molecule has 3 aromatic rings. The Morgan fingerprint density at radius 1 is 0.864 bits per heavy atom. The SMILES string of the molecule is Cc1c(C)c2c3c(cccc3c1O)C=C(c1ccccc1)O2. The van der Waals surface area contributed by atoms with Gasteiger partial charge in [0.1, 0.15) is 17.3 Å². The highest BCUT2D eigenvalue weighted by atomic mass is 16.5. The summed E-state index contributed by atoms with van der Waals surface area (Å²) in [6, 6.07) is 16.1. The Morgan fingerprint density at radius 3 is 2.41 bits per heavy atom. The molecule has 0 aliphatic carbocycles. The fraction of sp³-hybridized carbons (Fsp3) is 0.100. The van der Waals surface area contributed by atoms with Gasteiger partial charge in [-0.15, -0.1) is 0 Å². The molecule has 0 unspecified atom stereocenters. The van der Waals surface area contributed by atoms with E-state index in [0.29, 0.717) is 5.75 Å². The van der Waals surface area contributed by atoms with Crippen LogP contribution in [0.25, 0.3) is 22.6 Å². The Hall–Kier alpha value is -2.74. The molecule has 2 heteroatoms. The lowest BCUT2D eigenvalue weighted by atomic mass is 9.94. The highest BCUT2D eigenvalue weighted by Gasteiger charge is 2.22. The van der Waals surface area contributed by atoms with Crippen LogP contribution in [0, 0.1) is 13.8 Å². The van der Waals surface area contributed by atoms with Crippen molar-refractivity contribution in [2.45, 2.75) is 13.8 Å². The highest BCUT2D eigenvalue weighted by molar-refractivity contribution is 6.05. The van der Waals surface area contributed by atoms with Crippen molar-refractivity contribution < 1.29 is 9.84 Å². The number of ether oxygens (including phenoxy) is 1. The second-order valence-corrected chi connectivity index (χ2v) is 5.67. The van der Waals surface area contributed by atoms with Crippen molar-refractivity contribution in [3.8, 4) is 11.5 Å². The molecule has 0 amide bonds. The molecular formula is C20H16O2. The summed E-state index contributed by atoms with van der Waals surface area (Å²) in [7, 11) is 0. The molecule has 3 aromatic carbocycles. The predicted octanol–water partition coefficient (Wildman–Crippen LogP) is 5.05. The van der Waals surface area contributed by atoms with E-state index in [0.717, 1.165) is 44.5 Å². The molecule has 0 saturated heterocycles. The molecular weight excluding hydrogens is 272 g/mol. The number of phenolic OH excluding ortho intramolecular Hbond substituents is 1. The Morgan fingerprint density at radius 2 is 1.64 bits per heavy atom. The quantitative estimate of drug-likeness (QED) is 0.678. The summed E-state index contributed by atoms with van der Waals surface area (Å²) >= 11 is 0. The smallest absolute Gasteiger partial charge is 0.139 e. The molecule has 0 spiro atoms. The second-order valence-electron chi connectivity index (χ2n) is 5.67. The van der Waals surface area contributed by atoms with Gasteiger partial charge in [-0.1, -0.05) is 48.5 Å². The monoisotopic (exact) mass is 288 g/mol. The summed E-state index contributed by atoms with van der Waals surface area (Å²) in [5.74, 6) is 2.04. The van der Waals surface area contributed by atoms with E-state index >= 15 is 0 Å². The summed E-state index contributed by atoms with van der Waals surface area (Å²) in [6.45, 7) is 3.92. The third kappa shape index (κ3) is 1.74. The van der Waals surface area contributed by atoms with Crippen LogP contribution < -0.4 is 4.74 Å². The average molecular weight is 288 g/mol. The zero-order chi connectivity index (χ0) is 15.3. The largest absolute Gasteiger partial charge is 0.507 e. The number of phenols is 1. The third-order valence-electron chi connectivity index (χ3n) is 4.39.